The van der Waals surface area contributed by atoms with E-state index in [1.54, 1.807) is 19.1 Å². The highest BCUT2D eigenvalue weighted by atomic mass is 19.4. The molecule has 2 rings (SSSR count). The Morgan fingerprint density at radius 2 is 2.05 bits per heavy atom. The maximum atomic E-state index is 12.5. The van der Waals surface area contributed by atoms with Crippen molar-refractivity contribution < 1.29 is 17.9 Å². The Balaban J connectivity index is 2.34. The van der Waals surface area contributed by atoms with Crippen LogP contribution in [-0.4, -0.2) is 10.2 Å². The zero-order chi connectivity index (χ0) is 14.0. The van der Waals surface area contributed by atoms with Crippen molar-refractivity contribution >= 4 is 0 Å². The van der Waals surface area contributed by atoms with Gasteiger partial charge in [-0.25, -0.2) is 0 Å². The van der Waals surface area contributed by atoms with E-state index in [-0.39, 0.29) is 17.2 Å². The van der Waals surface area contributed by atoms with E-state index in [9.17, 15) is 13.2 Å². The molecule has 4 nitrogen and oxygen atoms in total. The van der Waals surface area contributed by atoms with Gasteiger partial charge < -0.3 is 4.74 Å². The van der Waals surface area contributed by atoms with Gasteiger partial charge in [-0.2, -0.15) is 18.4 Å². The number of hydrogen-bond donors (Lipinski definition) is 1. The van der Waals surface area contributed by atoms with Crippen LogP contribution in [0.1, 0.15) is 16.8 Å². The third-order valence-corrected chi connectivity index (χ3v) is 2.32. The second-order valence-electron chi connectivity index (χ2n) is 3.81. The third kappa shape index (κ3) is 2.85. The molecule has 0 spiro atoms. The van der Waals surface area contributed by atoms with Crippen LogP contribution >= 0.6 is 0 Å². The highest BCUT2D eigenvalue weighted by Gasteiger charge is 2.31. The third-order valence-electron chi connectivity index (χ3n) is 2.32. The molecule has 1 N–H and O–H groups in total. The first kappa shape index (κ1) is 13.0. The van der Waals surface area contributed by atoms with Gasteiger partial charge in [0.05, 0.1) is 11.1 Å². The van der Waals surface area contributed by atoms with Gasteiger partial charge >= 0.3 is 6.18 Å². The van der Waals surface area contributed by atoms with E-state index in [1.165, 1.54) is 0 Å². The largest absolute Gasteiger partial charge is 0.436 e. The molecular formula is C12H8F3N3O. The van der Waals surface area contributed by atoms with E-state index in [0.717, 1.165) is 23.9 Å². The van der Waals surface area contributed by atoms with Gasteiger partial charge in [-0.3, -0.25) is 5.10 Å². The minimum atomic E-state index is -4.49. The molecule has 1 aromatic carbocycles. The maximum Gasteiger partial charge on any atom is 0.416 e. The van der Waals surface area contributed by atoms with Crippen LogP contribution in [0.25, 0.3) is 0 Å². The van der Waals surface area contributed by atoms with E-state index in [4.69, 9.17) is 10.00 Å². The molecule has 7 heteroatoms. The van der Waals surface area contributed by atoms with E-state index >= 15 is 0 Å². The number of hydrogen-bond acceptors (Lipinski definition) is 3. The van der Waals surface area contributed by atoms with Crippen LogP contribution < -0.4 is 4.74 Å². The molecule has 19 heavy (non-hydrogen) atoms. The van der Waals surface area contributed by atoms with Gasteiger partial charge in [0, 0.05) is 11.8 Å². The molecule has 1 heterocycles. The number of H-pyrrole nitrogens is 1. The van der Waals surface area contributed by atoms with Crippen molar-refractivity contribution in [1.29, 1.82) is 5.26 Å². The Morgan fingerprint density at radius 3 is 2.58 bits per heavy atom. The average Bonchev–Trinajstić information content (AvgIpc) is 2.74. The van der Waals surface area contributed by atoms with Gasteiger partial charge in [-0.15, -0.1) is 5.10 Å². The molecule has 0 aliphatic heterocycles. The summed E-state index contributed by atoms with van der Waals surface area (Å²) in [6.45, 7) is 1.75. The summed E-state index contributed by atoms with van der Waals surface area (Å²) < 4.78 is 42.8. The van der Waals surface area contributed by atoms with Gasteiger partial charge in [-0.1, -0.05) is 0 Å². The molecule has 0 saturated carbocycles. The van der Waals surface area contributed by atoms with Crippen LogP contribution in [-0.2, 0) is 6.18 Å². The van der Waals surface area contributed by atoms with Gasteiger partial charge in [0.2, 0.25) is 5.88 Å². The number of aromatic amines is 1. The number of ether oxygens (including phenoxy) is 1. The van der Waals surface area contributed by atoms with Crippen molar-refractivity contribution in [2.45, 2.75) is 13.1 Å². The zero-order valence-electron chi connectivity index (χ0n) is 9.75. The van der Waals surface area contributed by atoms with Crippen molar-refractivity contribution in [3.63, 3.8) is 0 Å². The molecule has 0 saturated heterocycles. The maximum absolute atomic E-state index is 12.5. The predicted octanol–water partition coefficient (Wildman–Crippen LogP) is 3.40. The number of aromatic nitrogens is 2. The predicted molar refractivity (Wildman–Crippen MR) is 59.6 cm³/mol. The first-order valence-electron chi connectivity index (χ1n) is 5.21. The number of nitriles is 1. The second kappa shape index (κ2) is 4.65. The SMILES string of the molecule is Cc1cc(Oc2ccc(C(F)(F)F)cc2C#N)n[nH]1. The van der Waals surface area contributed by atoms with E-state index in [0.29, 0.717) is 0 Å². The number of alkyl halides is 3. The highest BCUT2D eigenvalue weighted by Crippen LogP contribution is 2.33. The van der Waals surface area contributed by atoms with Gasteiger partial charge in [0.25, 0.3) is 0 Å². The molecule has 0 atom stereocenters. The van der Waals surface area contributed by atoms with Crippen molar-refractivity contribution in [3.05, 3.63) is 41.1 Å². The number of rotatable bonds is 2. The second-order valence-corrected chi connectivity index (χ2v) is 3.81. The number of aryl methyl sites for hydroxylation is 1. The Hall–Kier alpha value is -2.49. The van der Waals surface area contributed by atoms with Crippen molar-refractivity contribution in [1.82, 2.24) is 10.2 Å². The Morgan fingerprint density at radius 1 is 1.32 bits per heavy atom. The van der Waals surface area contributed by atoms with Crippen molar-refractivity contribution in [2.75, 3.05) is 0 Å². The quantitative estimate of drug-likeness (QED) is 0.907. The summed E-state index contributed by atoms with van der Waals surface area (Å²) in [6, 6.07) is 5.94. The zero-order valence-corrected chi connectivity index (χ0v) is 9.75. The van der Waals surface area contributed by atoms with Crippen LogP contribution in [0, 0.1) is 18.3 Å². The Kier molecular flexibility index (Phi) is 3.17. The molecule has 0 unspecified atom stereocenters. The number of benzene rings is 1. The summed E-state index contributed by atoms with van der Waals surface area (Å²) in [4.78, 5) is 0. The lowest BCUT2D eigenvalue weighted by Gasteiger charge is -2.09. The summed E-state index contributed by atoms with van der Waals surface area (Å²) in [6.07, 6.45) is -4.49. The van der Waals surface area contributed by atoms with Crippen LogP contribution in [0.4, 0.5) is 13.2 Å². The first-order valence-corrected chi connectivity index (χ1v) is 5.21. The molecule has 2 aromatic rings. The summed E-state index contributed by atoms with van der Waals surface area (Å²) in [5, 5.41) is 15.3. The van der Waals surface area contributed by atoms with Gasteiger partial charge in [0.1, 0.15) is 11.8 Å². The normalized spacial score (nSPS) is 11.1. The molecule has 98 valence electrons. The molecule has 0 amide bonds. The fourth-order valence-electron chi connectivity index (χ4n) is 1.44. The fraction of sp³-hybridized carbons (Fsp3) is 0.167. The smallest absolute Gasteiger partial charge is 0.416 e. The van der Waals surface area contributed by atoms with Crippen LogP contribution in [0.3, 0.4) is 0 Å². The molecule has 1 aromatic heterocycles. The van der Waals surface area contributed by atoms with Crippen LogP contribution in [0.2, 0.25) is 0 Å². The average molecular weight is 267 g/mol. The number of nitrogens with one attached hydrogen (secondary N) is 1. The first-order chi connectivity index (χ1) is 8.90. The summed E-state index contributed by atoms with van der Waals surface area (Å²) in [5.74, 6) is 0.218. The Labute approximate surface area is 106 Å². The van der Waals surface area contributed by atoms with Crippen molar-refractivity contribution in [3.8, 4) is 17.7 Å². The van der Waals surface area contributed by atoms with E-state index in [2.05, 4.69) is 10.2 Å². The summed E-state index contributed by atoms with van der Waals surface area (Å²) in [5.41, 5.74) is -0.356. The summed E-state index contributed by atoms with van der Waals surface area (Å²) in [7, 11) is 0. The minimum Gasteiger partial charge on any atom is -0.436 e. The summed E-state index contributed by atoms with van der Waals surface area (Å²) >= 11 is 0. The van der Waals surface area contributed by atoms with Crippen LogP contribution in [0.5, 0.6) is 11.6 Å². The lowest BCUT2D eigenvalue weighted by atomic mass is 10.1. The molecular weight excluding hydrogens is 259 g/mol. The number of halogens is 3. The van der Waals surface area contributed by atoms with Gasteiger partial charge in [0.15, 0.2) is 0 Å². The monoisotopic (exact) mass is 267 g/mol. The lowest BCUT2D eigenvalue weighted by molar-refractivity contribution is -0.137. The van der Waals surface area contributed by atoms with Crippen molar-refractivity contribution in [2.24, 2.45) is 0 Å². The molecule has 0 radical (unpaired) electrons. The number of nitrogens with zero attached hydrogens (tertiary/aromatic N) is 2. The molecule has 0 fully saturated rings. The standard InChI is InChI=1S/C12H8F3N3O/c1-7-4-11(18-17-7)19-10-3-2-9(12(13,14)15)5-8(10)6-16/h2-5H,1H3,(H,17,18). The van der Waals surface area contributed by atoms with Crippen LogP contribution in [0.15, 0.2) is 24.3 Å². The topological polar surface area (TPSA) is 61.7 Å². The highest BCUT2D eigenvalue weighted by molar-refractivity contribution is 5.47. The lowest BCUT2D eigenvalue weighted by Crippen LogP contribution is -2.05. The van der Waals surface area contributed by atoms with E-state index in [1.807, 2.05) is 0 Å². The minimum absolute atomic E-state index is 0.0296. The molecule has 0 aliphatic rings. The molecule has 0 bridgehead atoms. The Bertz CT molecular complexity index is 640. The van der Waals surface area contributed by atoms with E-state index < -0.39 is 11.7 Å². The van der Waals surface area contributed by atoms with Gasteiger partial charge in [-0.05, 0) is 25.1 Å². The molecule has 0 aliphatic carbocycles. The fourth-order valence-corrected chi connectivity index (χ4v) is 1.44.